The van der Waals surface area contributed by atoms with Gasteiger partial charge in [0.15, 0.2) is 5.54 Å². The monoisotopic (exact) mass is 357 g/mol. The maximum atomic E-state index is 9.39. The van der Waals surface area contributed by atoms with Crippen LogP contribution in [-0.2, 0) is 5.54 Å². The molecule has 0 amide bonds. The van der Waals surface area contributed by atoms with Gasteiger partial charge in [-0.2, -0.15) is 5.26 Å². The third-order valence-electron chi connectivity index (χ3n) is 5.25. The average Bonchev–Trinajstić information content (AvgIpc) is 3.29. The highest BCUT2D eigenvalue weighted by molar-refractivity contribution is 6.28. The van der Waals surface area contributed by atoms with Crippen molar-refractivity contribution in [2.45, 2.75) is 56.5 Å². The number of aromatic nitrogens is 5. The molecule has 2 heterocycles. The van der Waals surface area contributed by atoms with Crippen molar-refractivity contribution in [3.05, 3.63) is 29.4 Å². The van der Waals surface area contributed by atoms with E-state index in [1.807, 2.05) is 12.3 Å². The molecule has 0 bridgehead atoms. The second kappa shape index (κ2) is 6.60. The summed E-state index contributed by atoms with van der Waals surface area (Å²) in [6.45, 7) is 0. The number of anilines is 1. The smallest absolute Gasteiger partial charge is 0.224 e. The molecule has 2 aliphatic rings. The summed E-state index contributed by atoms with van der Waals surface area (Å²) >= 11 is 5.92. The maximum absolute atomic E-state index is 9.39. The second-order valence-electron chi connectivity index (χ2n) is 6.96. The molecular formula is C17H20ClN7. The Labute approximate surface area is 151 Å². The normalized spacial score (nSPS) is 20.6. The second-order valence-corrected chi connectivity index (χ2v) is 7.30. The lowest BCUT2D eigenvalue weighted by Gasteiger charge is -2.30. The summed E-state index contributed by atoms with van der Waals surface area (Å²) < 4.78 is 1.73. The zero-order chi connectivity index (χ0) is 17.3. The van der Waals surface area contributed by atoms with Gasteiger partial charge in [0.25, 0.3) is 0 Å². The van der Waals surface area contributed by atoms with Gasteiger partial charge in [-0.1, -0.05) is 24.5 Å². The van der Waals surface area contributed by atoms with E-state index < -0.39 is 5.54 Å². The van der Waals surface area contributed by atoms with E-state index in [-0.39, 0.29) is 11.3 Å². The average molecular weight is 358 g/mol. The van der Waals surface area contributed by atoms with Crippen LogP contribution in [0.2, 0.25) is 5.28 Å². The van der Waals surface area contributed by atoms with E-state index in [0.717, 1.165) is 31.4 Å². The van der Waals surface area contributed by atoms with Crippen LogP contribution in [0.1, 0.15) is 56.7 Å². The Kier molecular flexibility index (Phi) is 4.30. The van der Waals surface area contributed by atoms with E-state index >= 15 is 0 Å². The van der Waals surface area contributed by atoms with Gasteiger partial charge in [-0.05, 0) is 49.3 Å². The molecular weight excluding hydrogens is 338 g/mol. The number of hydrogen-bond donors (Lipinski definition) is 1. The molecule has 0 unspecified atom stereocenters. The van der Waals surface area contributed by atoms with Crippen molar-refractivity contribution in [3.8, 4) is 6.07 Å². The highest BCUT2D eigenvalue weighted by Crippen LogP contribution is 2.43. The van der Waals surface area contributed by atoms with Crippen molar-refractivity contribution in [2.75, 3.05) is 5.32 Å². The molecule has 7 nitrogen and oxygen atoms in total. The first-order chi connectivity index (χ1) is 12.2. The largest absolute Gasteiger partial charge is 0.361 e. The number of hydrogen-bond acceptors (Lipinski definition) is 6. The molecule has 0 radical (unpaired) electrons. The quantitative estimate of drug-likeness (QED) is 0.823. The minimum absolute atomic E-state index is 0.00881. The van der Waals surface area contributed by atoms with Crippen LogP contribution in [0.3, 0.4) is 0 Å². The summed E-state index contributed by atoms with van der Waals surface area (Å²) in [4.78, 5) is 8.19. The number of nitrogens with one attached hydrogen (secondary N) is 1. The lowest BCUT2D eigenvalue weighted by Crippen LogP contribution is -2.24. The molecule has 2 aliphatic carbocycles. The van der Waals surface area contributed by atoms with Crippen molar-refractivity contribution < 1.29 is 0 Å². The molecule has 1 N–H and O–H groups in total. The molecule has 25 heavy (non-hydrogen) atoms. The van der Waals surface area contributed by atoms with Crippen LogP contribution in [0, 0.1) is 17.2 Å². The minimum Gasteiger partial charge on any atom is -0.361 e. The fourth-order valence-corrected chi connectivity index (χ4v) is 3.76. The van der Waals surface area contributed by atoms with Crippen LogP contribution < -0.4 is 5.32 Å². The molecule has 2 fully saturated rings. The van der Waals surface area contributed by atoms with E-state index in [1.54, 1.807) is 10.9 Å². The van der Waals surface area contributed by atoms with E-state index in [0.29, 0.717) is 11.7 Å². The molecule has 130 valence electrons. The van der Waals surface area contributed by atoms with Crippen LogP contribution in [-0.4, -0.2) is 25.0 Å². The SMILES string of the molecule is N#CC1(n2cc([C@@H](Nc3ccnc(Cl)n3)C3CCCCC3)nn2)CC1. The molecule has 0 aliphatic heterocycles. The highest BCUT2D eigenvalue weighted by Gasteiger charge is 2.47. The summed E-state index contributed by atoms with van der Waals surface area (Å²) in [6, 6.07) is 4.18. The zero-order valence-corrected chi connectivity index (χ0v) is 14.7. The first-order valence-corrected chi connectivity index (χ1v) is 9.17. The third kappa shape index (κ3) is 3.31. The predicted molar refractivity (Wildman–Crippen MR) is 92.8 cm³/mol. The highest BCUT2D eigenvalue weighted by atomic mass is 35.5. The first kappa shape index (κ1) is 16.3. The molecule has 2 aromatic rings. The molecule has 0 saturated heterocycles. The number of nitrogens with zero attached hydrogens (tertiary/aromatic N) is 6. The van der Waals surface area contributed by atoms with Gasteiger partial charge in [-0.25, -0.2) is 14.6 Å². The topological polar surface area (TPSA) is 92.3 Å². The Morgan fingerprint density at radius 2 is 2.12 bits per heavy atom. The fraction of sp³-hybridized carbons (Fsp3) is 0.588. The predicted octanol–water partition coefficient (Wildman–Crippen LogP) is 3.47. The Morgan fingerprint density at radius 3 is 2.80 bits per heavy atom. The molecule has 8 heteroatoms. The van der Waals surface area contributed by atoms with Crippen molar-refractivity contribution in [3.63, 3.8) is 0 Å². The Balaban J connectivity index is 1.62. The van der Waals surface area contributed by atoms with Crippen molar-refractivity contribution in [2.24, 2.45) is 5.92 Å². The van der Waals surface area contributed by atoms with Gasteiger partial charge in [-0.15, -0.1) is 5.10 Å². The van der Waals surface area contributed by atoms with Crippen LogP contribution >= 0.6 is 11.6 Å². The Hall–Kier alpha value is -2.20. The van der Waals surface area contributed by atoms with Gasteiger partial charge in [0.2, 0.25) is 5.28 Å². The third-order valence-corrected chi connectivity index (χ3v) is 5.43. The van der Waals surface area contributed by atoms with Crippen LogP contribution in [0.25, 0.3) is 0 Å². The minimum atomic E-state index is -0.486. The number of halogens is 1. The van der Waals surface area contributed by atoms with Crippen molar-refractivity contribution >= 4 is 17.4 Å². The number of rotatable bonds is 5. The van der Waals surface area contributed by atoms with E-state index in [9.17, 15) is 5.26 Å². The van der Waals surface area contributed by atoms with Gasteiger partial charge in [0.1, 0.15) is 11.5 Å². The van der Waals surface area contributed by atoms with Gasteiger partial charge in [-0.3, -0.25) is 0 Å². The number of nitriles is 1. The maximum Gasteiger partial charge on any atom is 0.224 e. The van der Waals surface area contributed by atoms with E-state index in [1.165, 1.54) is 19.3 Å². The summed E-state index contributed by atoms with van der Waals surface area (Å²) in [5.74, 6) is 1.15. The molecule has 0 spiro atoms. The van der Waals surface area contributed by atoms with Gasteiger partial charge in [0, 0.05) is 6.20 Å². The molecule has 1 atom stereocenters. The van der Waals surface area contributed by atoms with Gasteiger partial charge in [0.05, 0.1) is 18.3 Å². The summed E-state index contributed by atoms with van der Waals surface area (Å²) in [7, 11) is 0. The molecule has 0 aromatic carbocycles. The lowest BCUT2D eigenvalue weighted by atomic mass is 9.83. The van der Waals surface area contributed by atoms with Gasteiger partial charge >= 0.3 is 0 Å². The van der Waals surface area contributed by atoms with Crippen LogP contribution in [0.5, 0.6) is 0 Å². The Bertz CT molecular complexity index is 786. The van der Waals surface area contributed by atoms with Gasteiger partial charge < -0.3 is 5.32 Å². The summed E-state index contributed by atoms with van der Waals surface area (Å²) in [5, 5.41) is 21.7. The standard InChI is InChI=1S/C17H20ClN7/c18-16-20-9-6-14(22-16)21-15(12-4-2-1-3-5-12)13-10-25(24-23-13)17(11-19)7-8-17/h6,9-10,12,15H,1-5,7-8H2,(H,20,21,22)/t15-/m0/s1. The summed E-state index contributed by atoms with van der Waals surface area (Å²) in [5.41, 5.74) is 0.379. The summed E-state index contributed by atoms with van der Waals surface area (Å²) in [6.07, 6.45) is 11.3. The molecule has 2 saturated carbocycles. The zero-order valence-electron chi connectivity index (χ0n) is 13.9. The van der Waals surface area contributed by atoms with E-state index in [4.69, 9.17) is 11.6 Å². The fourth-order valence-electron chi connectivity index (χ4n) is 3.61. The van der Waals surface area contributed by atoms with Crippen LogP contribution in [0.4, 0.5) is 5.82 Å². The van der Waals surface area contributed by atoms with Crippen molar-refractivity contribution in [1.82, 2.24) is 25.0 Å². The van der Waals surface area contributed by atoms with Crippen molar-refractivity contribution in [1.29, 1.82) is 5.26 Å². The molecule has 2 aromatic heterocycles. The molecule has 4 rings (SSSR count). The first-order valence-electron chi connectivity index (χ1n) is 8.79. The Morgan fingerprint density at radius 1 is 1.32 bits per heavy atom. The lowest BCUT2D eigenvalue weighted by molar-refractivity contribution is 0.317. The van der Waals surface area contributed by atoms with Crippen LogP contribution in [0.15, 0.2) is 18.5 Å². The van der Waals surface area contributed by atoms with E-state index in [2.05, 4.69) is 31.7 Å².